The number of ether oxygens (including phenoxy) is 1. The molecule has 5 heteroatoms. The molecule has 1 saturated heterocycles. The van der Waals surface area contributed by atoms with Gasteiger partial charge in [0, 0.05) is 24.4 Å². The highest BCUT2D eigenvalue weighted by Crippen LogP contribution is 2.06. The van der Waals surface area contributed by atoms with E-state index in [1.165, 1.54) is 0 Å². The van der Waals surface area contributed by atoms with Crippen LogP contribution < -0.4 is 5.32 Å². The zero-order valence-electron chi connectivity index (χ0n) is 7.70. The molecule has 1 aliphatic rings. The molecular formula is C8H16N2O3. The zero-order valence-corrected chi connectivity index (χ0v) is 7.70. The normalized spacial score (nSPS) is 22.9. The Morgan fingerprint density at radius 2 is 2.38 bits per heavy atom. The molecule has 0 aromatic rings. The Hall–Kier alpha value is -0.680. The highest BCUT2D eigenvalue weighted by Gasteiger charge is 2.12. The molecule has 0 saturated carbocycles. The van der Waals surface area contributed by atoms with Gasteiger partial charge in [-0.25, -0.2) is 0 Å². The second kappa shape index (κ2) is 5.88. The van der Waals surface area contributed by atoms with E-state index >= 15 is 0 Å². The van der Waals surface area contributed by atoms with Crippen molar-refractivity contribution in [3.8, 4) is 0 Å². The fourth-order valence-corrected chi connectivity index (χ4v) is 1.42. The van der Waals surface area contributed by atoms with Gasteiger partial charge in [-0.2, -0.15) is 0 Å². The van der Waals surface area contributed by atoms with Gasteiger partial charge in [0.05, 0.1) is 12.7 Å². The fourth-order valence-electron chi connectivity index (χ4n) is 1.42. The SMILES string of the molecule is O=[N+]([O-])CCCCC1CNCCO1. The highest BCUT2D eigenvalue weighted by molar-refractivity contribution is 4.66. The minimum Gasteiger partial charge on any atom is -0.376 e. The maximum atomic E-state index is 10.0. The minimum absolute atomic E-state index is 0.0835. The van der Waals surface area contributed by atoms with Gasteiger partial charge in [-0.3, -0.25) is 10.1 Å². The summed E-state index contributed by atoms with van der Waals surface area (Å²) in [4.78, 5) is 9.75. The Morgan fingerprint density at radius 3 is 3.00 bits per heavy atom. The molecule has 0 aromatic carbocycles. The van der Waals surface area contributed by atoms with Gasteiger partial charge < -0.3 is 10.1 Å². The molecule has 0 amide bonds. The van der Waals surface area contributed by atoms with Gasteiger partial charge in [-0.1, -0.05) is 0 Å². The number of unbranched alkanes of at least 4 members (excludes halogenated alkanes) is 1. The molecular weight excluding hydrogens is 172 g/mol. The first kappa shape index (κ1) is 10.4. The average Bonchev–Trinajstić information content (AvgIpc) is 2.14. The lowest BCUT2D eigenvalue weighted by molar-refractivity contribution is -0.480. The van der Waals surface area contributed by atoms with E-state index in [1.54, 1.807) is 0 Å². The Balaban J connectivity index is 1.95. The van der Waals surface area contributed by atoms with Crippen molar-refractivity contribution >= 4 is 0 Å². The molecule has 1 rings (SSSR count). The summed E-state index contributed by atoms with van der Waals surface area (Å²) in [6.45, 7) is 2.66. The van der Waals surface area contributed by atoms with Gasteiger partial charge in [0.25, 0.3) is 0 Å². The van der Waals surface area contributed by atoms with E-state index in [2.05, 4.69) is 5.32 Å². The fraction of sp³-hybridized carbons (Fsp3) is 1.00. The number of hydrogen-bond acceptors (Lipinski definition) is 4. The Morgan fingerprint density at radius 1 is 1.54 bits per heavy atom. The van der Waals surface area contributed by atoms with Gasteiger partial charge in [0.15, 0.2) is 0 Å². The molecule has 1 fully saturated rings. The number of hydrogen-bond donors (Lipinski definition) is 1. The summed E-state index contributed by atoms with van der Waals surface area (Å²) < 4.78 is 5.45. The van der Waals surface area contributed by atoms with Crippen LogP contribution in [0.15, 0.2) is 0 Å². The van der Waals surface area contributed by atoms with Crippen molar-refractivity contribution in [2.75, 3.05) is 26.2 Å². The van der Waals surface area contributed by atoms with Crippen LogP contribution in [0.4, 0.5) is 0 Å². The molecule has 1 unspecified atom stereocenters. The van der Waals surface area contributed by atoms with E-state index in [1.807, 2.05) is 0 Å². The van der Waals surface area contributed by atoms with Crippen LogP contribution >= 0.6 is 0 Å². The molecule has 0 aliphatic carbocycles. The molecule has 1 aliphatic heterocycles. The minimum atomic E-state index is -0.264. The van der Waals surface area contributed by atoms with Crippen LogP contribution in [-0.2, 0) is 4.74 Å². The average molecular weight is 188 g/mol. The molecule has 76 valence electrons. The topological polar surface area (TPSA) is 64.4 Å². The summed E-state index contributed by atoms with van der Waals surface area (Å²) in [6.07, 6.45) is 2.74. The van der Waals surface area contributed by atoms with Crippen LogP contribution in [0.1, 0.15) is 19.3 Å². The number of nitro groups is 1. The predicted octanol–water partition coefficient (Wildman–Crippen LogP) is 0.422. The van der Waals surface area contributed by atoms with Crippen LogP contribution in [0.2, 0.25) is 0 Å². The van der Waals surface area contributed by atoms with Crippen LogP contribution in [-0.4, -0.2) is 37.3 Å². The Kier molecular flexibility index (Phi) is 4.70. The van der Waals surface area contributed by atoms with Crippen LogP contribution in [0, 0.1) is 10.1 Å². The largest absolute Gasteiger partial charge is 0.376 e. The van der Waals surface area contributed by atoms with Crippen molar-refractivity contribution < 1.29 is 9.66 Å². The maximum Gasteiger partial charge on any atom is 0.203 e. The van der Waals surface area contributed by atoms with Gasteiger partial charge in [0.2, 0.25) is 6.54 Å². The molecule has 0 aromatic heterocycles. The van der Waals surface area contributed by atoms with E-state index in [9.17, 15) is 10.1 Å². The van der Waals surface area contributed by atoms with Crippen molar-refractivity contribution in [3.63, 3.8) is 0 Å². The van der Waals surface area contributed by atoms with Crippen molar-refractivity contribution in [2.24, 2.45) is 0 Å². The third-order valence-corrected chi connectivity index (χ3v) is 2.12. The molecule has 5 nitrogen and oxygen atoms in total. The highest BCUT2D eigenvalue weighted by atomic mass is 16.6. The van der Waals surface area contributed by atoms with Crippen LogP contribution in [0.5, 0.6) is 0 Å². The zero-order chi connectivity index (χ0) is 9.52. The van der Waals surface area contributed by atoms with E-state index < -0.39 is 0 Å². The lowest BCUT2D eigenvalue weighted by Gasteiger charge is -2.23. The number of nitrogens with zero attached hydrogens (tertiary/aromatic N) is 1. The van der Waals surface area contributed by atoms with Crippen molar-refractivity contribution in [1.82, 2.24) is 5.32 Å². The van der Waals surface area contributed by atoms with E-state index in [0.717, 1.165) is 32.5 Å². The van der Waals surface area contributed by atoms with Crippen molar-refractivity contribution in [2.45, 2.75) is 25.4 Å². The van der Waals surface area contributed by atoms with E-state index in [-0.39, 0.29) is 17.6 Å². The van der Waals surface area contributed by atoms with Gasteiger partial charge >= 0.3 is 0 Å². The van der Waals surface area contributed by atoms with Crippen LogP contribution in [0.3, 0.4) is 0 Å². The monoisotopic (exact) mass is 188 g/mol. The van der Waals surface area contributed by atoms with Crippen LogP contribution in [0.25, 0.3) is 0 Å². The van der Waals surface area contributed by atoms with Gasteiger partial charge in [-0.15, -0.1) is 0 Å². The molecule has 1 atom stereocenters. The summed E-state index contributed by atoms with van der Waals surface area (Å²) in [5.41, 5.74) is 0. The Bertz CT molecular complexity index is 157. The summed E-state index contributed by atoms with van der Waals surface area (Å²) in [5.74, 6) is 0. The lowest BCUT2D eigenvalue weighted by Crippen LogP contribution is -2.38. The van der Waals surface area contributed by atoms with Crippen molar-refractivity contribution in [3.05, 3.63) is 10.1 Å². The van der Waals surface area contributed by atoms with Crippen molar-refractivity contribution in [1.29, 1.82) is 0 Å². The summed E-state index contributed by atoms with van der Waals surface area (Å²) >= 11 is 0. The number of morpholine rings is 1. The molecule has 1 N–H and O–H groups in total. The number of nitrogens with one attached hydrogen (secondary N) is 1. The summed E-state index contributed by atoms with van der Waals surface area (Å²) in [6, 6.07) is 0. The first-order chi connectivity index (χ1) is 6.29. The maximum absolute atomic E-state index is 10.0. The predicted molar refractivity (Wildman–Crippen MR) is 48.3 cm³/mol. The third kappa shape index (κ3) is 4.80. The lowest BCUT2D eigenvalue weighted by atomic mass is 10.1. The first-order valence-electron chi connectivity index (χ1n) is 4.73. The summed E-state index contributed by atoms with van der Waals surface area (Å²) in [5, 5.41) is 13.2. The standard InChI is InChI=1S/C8H16N2O3/c11-10(12)5-2-1-3-8-7-9-4-6-13-8/h8-9H,1-7H2. The second-order valence-electron chi connectivity index (χ2n) is 3.25. The first-order valence-corrected chi connectivity index (χ1v) is 4.73. The Labute approximate surface area is 77.6 Å². The molecule has 0 bridgehead atoms. The molecule has 1 heterocycles. The molecule has 0 spiro atoms. The second-order valence-corrected chi connectivity index (χ2v) is 3.25. The molecule has 13 heavy (non-hydrogen) atoms. The number of rotatable bonds is 5. The smallest absolute Gasteiger partial charge is 0.203 e. The van der Waals surface area contributed by atoms with E-state index in [4.69, 9.17) is 4.74 Å². The quantitative estimate of drug-likeness (QED) is 0.386. The van der Waals surface area contributed by atoms with Gasteiger partial charge in [0.1, 0.15) is 0 Å². The molecule has 0 radical (unpaired) electrons. The summed E-state index contributed by atoms with van der Waals surface area (Å²) in [7, 11) is 0. The van der Waals surface area contributed by atoms with E-state index in [0.29, 0.717) is 6.42 Å². The third-order valence-electron chi connectivity index (χ3n) is 2.12. The van der Waals surface area contributed by atoms with Gasteiger partial charge in [-0.05, 0) is 12.8 Å².